The Labute approximate surface area is 120 Å². The number of rotatable bonds is 1. The van der Waals surface area contributed by atoms with E-state index in [-0.39, 0.29) is 11.9 Å². The molecule has 3 rings (SSSR count). The van der Waals surface area contributed by atoms with Gasteiger partial charge in [0.25, 0.3) is 5.91 Å². The molecule has 0 radical (unpaired) electrons. The second-order valence-corrected chi connectivity index (χ2v) is 6.40. The van der Waals surface area contributed by atoms with Gasteiger partial charge in [-0.25, -0.2) is 0 Å². The third-order valence-corrected chi connectivity index (χ3v) is 5.16. The second-order valence-electron chi connectivity index (χ2n) is 6.40. The molecule has 3 atom stereocenters. The first kappa shape index (κ1) is 13.6. The van der Waals surface area contributed by atoms with Gasteiger partial charge in [-0.3, -0.25) is 9.48 Å². The molecule has 1 aliphatic carbocycles. The molecule has 5 nitrogen and oxygen atoms in total. The van der Waals surface area contributed by atoms with Crippen molar-refractivity contribution in [2.24, 2.45) is 24.6 Å². The summed E-state index contributed by atoms with van der Waals surface area (Å²) in [5.41, 5.74) is 8.79. The Morgan fingerprint density at radius 1 is 1.30 bits per heavy atom. The van der Waals surface area contributed by atoms with Crippen LogP contribution in [0.4, 0.5) is 0 Å². The van der Waals surface area contributed by atoms with E-state index in [1.807, 2.05) is 25.8 Å². The van der Waals surface area contributed by atoms with E-state index in [9.17, 15) is 4.79 Å². The summed E-state index contributed by atoms with van der Waals surface area (Å²) in [5.74, 6) is 1.22. The summed E-state index contributed by atoms with van der Waals surface area (Å²) >= 11 is 0. The van der Waals surface area contributed by atoms with Gasteiger partial charge in [-0.1, -0.05) is 6.42 Å². The summed E-state index contributed by atoms with van der Waals surface area (Å²) in [4.78, 5) is 14.8. The molecule has 2 N–H and O–H groups in total. The quantitative estimate of drug-likeness (QED) is 0.839. The monoisotopic (exact) mass is 276 g/mol. The zero-order valence-corrected chi connectivity index (χ0v) is 12.6. The Morgan fingerprint density at radius 2 is 2.05 bits per heavy atom. The van der Waals surface area contributed by atoms with Crippen molar-refractivity contribution in [3.8, 4) is 0 Å². The van der Waals surface area contributed by atoms with Crippen LogP contribution in [0.25, 0.3) is 0 Å². The Hall–Kier alpha value is -1.36. The molecule has 1 aromatic heterocycles. The van der Waals surface area contributed by atoms with Gasteiger partial charge in [-0.05, 0) is 38.5 Å². The third-order valence-electron chi connectivity index (χ3n) is 5.16. The third kappa shape index (κ3) is 2.04. The molecule has 0 spiro atoms. The molecule has 2 aliphatic rings. The smallest absolute Gasteiger partial charge is 0.257 e. The van der Waals surface area contributed by atoms with Crippen molar-refractivity contribution in [1.29, 1.82) is 0 Å². The van der Waals surface area contributed by atoms with Crippen LogP contribution < -0.4 is 5.73 Å². The fourth-order valence-corrected chi connectivity index (χ4v) is 3.92. The minimum absolute atomic E-state index is 0.134. The SMILES string of the molecule is Cc1nn(C)c(C)c1C(=O)N1CC2CCCC(N)C2C1. The minimum Gasteiger partial charge on any atom is -0.338 e. The van der Waals surface area contributed by atoms with E-state index in [1.165, 1.54) is 12.8 Å². The molecule has 2 heterocycles. The van der Waals surface area contributed by atoms with Crippen molar-refractivity contribution in [1.82, 2.24) is 14.7 Å². The molecule has 0 bridgehead atoms. The van der Waals surface area contributed by atoms with Crippen LogP contribution in [-0.4, -0.2) is 39.7 Å². The molecular weight excluding hydrogens is 252 g/mol. The Kier molecular flexibility index (Phi) is 3.32. The number of likely N-dealkylation sites (tertiary alicyclic amines) is 1. The largest absolute Gasteiger partial charge is 0.338 e. The molecule has 1 aliphatic heterocycles. The van der Waals surface area contributed by atoms with Crippen LogP contribution >= 0.6 is 0 Å². The number of amides is 1. The zero-order valence-electron chi connectivity index (χ0n) is 12.6. The zero-order chi connectivity index (χ0) is 14.4. The number of fused-ring (bicyclic) bond motifs is 1. The summed E-state index contributed by atoms with van der Waals surface area (Å²) < 4.78 is 1.79. The van der Waals surface area contributed by atoms with Crippen LogP contribution in [-0.2, 0) is 7.05 Å². The van der Waals surface area contributed by atoms with Gasteiger partial charge >= 0.3 is 0 Å². The van der Waals surface area contributed by atoms with Crippen molar-refractivity contribution >= 4 is 5.91 Å². The van der Waals surface area contributed by atoms with E-state index < -0.39 is 0 Å². The average molecular weight is 276 g/mol. The number of nitrogens with two attached hydrogens (primary N) is 1. The van der Waals surface area contributed by atoms with Crippen LogP contribution in [0, 0.1) is 25.7 Å². The van der Waals surface area contributed by atoms with Crippen LogP contribution in [0.2, 0.25) is 0 Å². The molecule has 1 saturated heterocycles. The molecule has 1 amide bonds. The molecule has 5 heteroatoms. The predicted octanol–water partition coefficient (Wildman–Crippen LogP) is 1.24. The molecule has 3 unspecified atom stereocenters. The number of hydrogen-bond donors (Lipinski definition) is 1. The highest BCUT2D eigenvalue weighted by Crippen LogP contribution is 2.36. The molecule has 0 aromatic carbocycles. The lowest BCUT2D eigenvalue weighted by atomic mass is 9.78. The first-order valence-corrected chi connectivity index (χ1v) is 7.54. The van der Waals surface area contributed by atoms with Gasteiger partial charge in [0, 0.05) is 31.9 Å². The van der Waals surface area contributed by atoms with Crippen LogP contribution in [0.5, 0.6) is 0 Å². The fraction of sp³-hybridized carbons (Fsp3) is 0.733. The van der Waals surface area contributed by atoms with Crippen molar-refractivity contribution in [2.45, 2.75) is 39.2 Å². The highest BCUT2D eigenvalue weighted by atomic mass is 16.2. The minimum atomic E-state index is 0.134. The molecular formula is C15H24N4O. The van der Waals surface area contributed by atoms with Gasteiger partial charge in [0.1, 0.15) is 0 Å². The van der Waals surface area contributed by atoms with Gasteiger partial charge in [-0.15, -0.1) is 0 Å². The van der Waals surface area contributed by atoms with E-state index in [4.69, 9.17) is 5.73 Å². The number of aromatic nitrogens is 2. The molecule has 20 heavy (non-hydrogen) atoms. The molecule has 1 aromatic rings. The lowest BCUT2D eigenvalue weighted by Crippen LogP contribution is -2.38. The van der Waals surface area contributed by atoms with Crippen LogP contribution in [0.3, 0.4) is 0 Å². The average Bonchev–Trinajstić information content (AvgIpc) is 2.93. The highest BCUT2D eigenvalue weighted by Gasteiger charge is 2.41. The summed E-state index contributed by atoms with van der Waals surface area (Å²) in [6.07, 6.45) is 3.52. The van der Waals surface area contributed by atoms with Crippen molar-refractivity contribution in [3.63, 3.8) is 0 Å². The van der Waals surface area contributed by atoms with Gasteiger partial charge < -0.3 is 10.6 Å². The first-order valence-electron chi connectivity index (χ1n) is 7.54. The van der Waals surface area contributed by atoms with Gasteiger partial charge in [0.15, 0.2) is 0 Å². The molecule has 2 fully saturated rings. The number of carbonyl (C=O) groups is 1. The lowest BCUT2D eigenvalue weighted by Gasteiger charge is -2.29. The van der Waals surface area contributed by atoms with Crippen molar-refractivity contribution in [2.75, 3.05) is 13.1 Å². The maximum atomic E-state index is 12.8. The fourth-order valence-electron chi connectivity index (χ4n) is 3.92. The summed E-state index contributed by atoms with van der Waals surface area (Å²) in [5, 5.41) is 4.35. The summed E-state index contributed by atoms with van der Waals surface area (Å²) in [6.45, 7) is 5.56. The van der Waals surface area contributed by atoms with E-state index >= 15 is 0 Å². The number of nitrogens with zero attached hydrogens (tertiary/aromatic N) is 3. The normalized spacial score (nSPS) is 29.6. The van der Waals surface area contributed by atoms with Crippen molar-refractivity contribution in [3.05, 3.63) is 17.0 Å². The Balaban J connectivity index is 1.82. The van der Waals surface area contributed by atoms with Crippen LogP contribution in [0.15, 0.2) is 0 Å². The summed E-state index contributed by atoms with van der Waals surface area (Å²) in [7, 11) is 1.89. The Bertz CT molecular complexity index is 536. The maximum absolute atomic E-state index is 12.8. The maximum Gasteiger partial charge on any atom is 0.257 e. The topological polar surface area (TPSA) is 64.2 Å². The van der Waals surface area contributed by atoms with Gasteiger partial charge in [-0.2, -0.15) is 5.10 Å². The van der Waals surface area contributed by atoms with Crippen LogP contribution in [0.1, 0.15) is 41.0 Å². The van der Waals surface area contributed by atoms with E-state index in [0.29, 0.717) is 11.8 Å². The summed E-state index contributed by atoms with van der Waals surface area (Å²) in [6, 6.07) is 0.266. The lowest BCUT2D eigenvalue weighted by molar-refractivity contribution is 0.0782. The number of carbonyl (C=O) groups excluding carboxylic acids is 1. The van der Waals surface area contributed by atoms with E-state index in [1.54, 1.807) is 4.68 Å². The predicted molar refractivity (Wildman–Crippen MR) is 77.4 cm³/mol. The van der Waals surface area contributed by atoms with Crippen molar-refractivity contribution < 1.29 is 4.79 Å². The number of hydrogen-bond acceptors (Lipinski definition) is 3. The Morgan fingerprint density at radius 3 is 2.65 bits per heavy atom. The van der Waals surface area contributed by atoms with E-state index in [2.05, 4.69) is 5.10 Å². The molecule has 110 valence electrons. The standard InChI is InChI=1S/C15H24N4O/c1-9-14(10(2)18(3)17-9)15(20)19-7-11-5-4-6-13(16)12(11)8-19/h11-13H,4-8,16H2,1-3H3. The van der Waals surface area contributed by atoms with Gasteiger partial charge in [0.05, 0.1) is 11.3 Å². The van der Waals surface area contributed by atoms with Gasteiger partial charge in [0.2, 0.25) is 0 Å². The molecule has 1 saturated carbocycles. The van der Waals surface area contributed by atoms with E-state index in [0.717, 1.165) is 36.5 Å². The number of aryl methyl sites for hydroxylation is 2. The first-order chi connectivity index (χ1) is 9.49. The second kappa shape index (κ2) is 4.88. The highest BCUT2D eigenvalue weighted by molar-refractivity contribution is 5.96.